The summed E-state index contributed by atoms with van der Waals surface area (Å²) >= 11 is 0. The lowest BCUT2D eigenvalue weighted by molar-refractivity contribution is -0.301. The molecular weight excluding hydrogens is 288 g/mol. The highest BCUT2D eigenvalue weighted by atomic mass is 16.7. The molecule has 0 aliphatic carbocycles. The molecule has 0 spiro atoms. The molecule has 0 aromatic rings. The molecule has 0 unspecified atom stereocenters. The van der Waals surface area contributed by atoms with Crippen LogP contribution in [0.2, 0.25) is 0 Å². The normalized spacial score (nSPS) is 32.3. The monoisotopic (exact) mass is 320 g/mol. The smallest absolute Gasteiger partial charge is 0.186 e. The fourth-order valence-electron chi connectivity index (χ4n) is 2.64. The third kappa shape index (κ3) is 6.48. The topological polar surface area (TPSA) is 99.4 Å². The molecule has 0 aromatic carbocycles. The summed E-state index contributed by atoms with van der Waals surface area (Å²) in [5, 5.41) is 38.2. The first kappa shape index (κ1) is 19.8. The molecule has 1 rings (SSSR count). The Bertz CT molecular complexity index is 273. The van der Waals surface area contributed by atoms with Crippen LogP contribution >= 0.6 is 0 Å². The molecule has 0 radical (unpaired) electrons. The maximum Gasteiger partial charge on any atom is 0.186 e. The van der Waals surface area contributed by atoms with Crippen molar-refractivity contribution in [1.29, 1.82) is 0 Å². The molecule has 1 fully saturated rings. The van der Waals surface area contributed by atoms with E-state index in [0.29, 0.717) is 6.61 Å². The van der Waals surface area contributed by atoms with Crippen molar-refractivity contribution in [2.45, 2.75) is 89.0 Å². The van der Waals surface area contributed by atoms with Gasteiger partial charge in [0.1, 0.15) is 24.4 Å². The van der Waals surface area contributed by atoms with E-state index in [9.17, 15) is 15.3 Å². The second-order valence-corrected chi connectivity index (χ2v) is 6.04. The first-order valence-electron chi connectivity index (χ1n) is 8.54. The summed E-state index contributed by atoms with van der Waals surface area (Å²) in [6.45, 7) is 2.20. The van der Waals surface area contributed by atoms with Crippen molar-refractivity contribution in [3.05, 3.63) is 0 Å². The van der Waals surface area contributed by atoms with Crippen molar-refractivity contribution < 1.29 is 29.9 Å². The molecule has 1 heterocycles. The maximum absolute atomic E-state index is 9.80. The largest absolute Gasteiger partial charge is 0.394 e. The van der Waals surface area contributed by atoms with Gasteiger partial charge < -0.3 is 29.9 Å². The molecule has 0 amide bonds. The minimum atomic E-state index is -1.37. The summed E-state index contributed by atoms with van der Waals surface area (Å²) in [7, 11) is 0. The van der Waals surface area contributed by atoms with E-state index < -0.39 is 37.3 Å². The summed E-state index contributed by atoms with van der Waals surface area (Å²) in [6.07, 6.45) is 3.58. The molecule has 0 bridgehead atoms. The lowest BCUT2D eigenvalue weighted by Crippen LogP contribution is -2.59. The van der Waals surface area contributed by atoms with E-state index in [4.69, 9.17) is 14.6 Å². The van der Waals surface area contributed by atoms with Crippen molar-refractivity contribution >= 4 is 0 Å². The van der Waals surface area contributed by atoms with Crippen LogP contribution in [0.4, 0.5) is 0 Å². The van der Waals surface area contributed by atoms with Crippen molar-refractivity contribution in [2.24, 2.45) is 0 Å². The fraction of sp³-hybridized carbons (Fsp3) is 1.00. The van der Waals surface area contributed by atoms with E-state index >= 15 is 0 Å². The Morgan fingerprint density at radius 3 is 2.00 bits per heavy atom. The molecule has 1 aliphatic rings. The first-order chi connectivity index (χ1) is 10.6. The van der Waals surface area contributed by atoms with Crippen LogP contribution in [-0.4, -0.2) is 64.3 Å². The van der Waals surface area contributed by atoms with Gasteiger partial charge in [0.25, 0.3) is 0 Å². The predicted molar refractivity (Wildman–Crippen MR) is 82.3 cm³/mol. The molecule has 1 aliphatic heterocycles. The Kier molecular flexibility index (Phi) is 10.2. The number of aliphatic hydroxyl groups is 4. The first-order valence-corrected chi connectivity index (χ1v) is 8.54. The Morgan fingerprint density at radius 1 is 0.818 bits per heavy atom. The molecular formula is C16H32O6. The second-order valence-electron chi connectivity index (χ2n) is 6.04. The molecule has 4 N–H and O–H groups in total. The Labute approximate surface area is 133 Å². The van der Waals surface area contributed by atoms with Gasteiger partial charge in [0.15, 0.2) is 6.29 Å². The molecule has 1 saturated heterocycles. The van der Waals surface area contributed by atoms with Gasteiger partial charge in [0.2, 0.25) is 0 Å². The Balaban J connectivity index is 2.11. The average molecular weight is 320 g/mol. The van der Waals surface area contributed by atoms with Crippen LogP contribution in [-0.2, 0) is 9.47 Å². The summed E-state index contributed by atoms with van der Waals surface area (Å²) < 4.78 is 10.7. The van der Waals surface area contributed by atoms with Crippen molar-refractivity contribution in [3.63, 3.8) is 0 Å². The minimum absolute atomic E-state index is 0.428. The van der Waals surface area contributed by atoms with Crippen molar-refractivity contribution in [1.82, 2.24) is 0 Å². The number of hydrogen-bond donors (Lipinski definition) is 4. The molecule has 0 aromatic heterocycles. The highest BCUT2D eigenvalue weighted by Gasteiger charge is 2.43. The number of hydrogen-bond acceptors (Lipinski definition) is 6. The third-order valence-electron chi connectivity index (χ3n) is 4.13. The highest BCUT2D eigenvalue weighted by Crippen LogP contribution is 2.22. The van der Waals surface area contributed by atoms with Crippen molar-refractivity contribution in [2.75, 3.05) is 13.2 Å². The highest BCUT2D eigenvalue weighted by molar-refractivity contribution is 4.88. The third-order valence-corrected chi connectivity index (χ3v) is 4.13. The van der Waals surface area contributed by atoms with E-state index in [1.807, 2.05) is 0 Å². The zero-order chi connectivity index (χ0) is 16.4. The van der Waals surface area contributed by atoms with Gasteiger partial charge in [0, 0.05) is 6.61 Å². The average Bonchev–Trinajstić information content (AvgIpc) is 2.53. The van der Waals surface area contributed by atoms with Crippen LogP contribution < -0.4 is 0 Å². The van der Waals surface area contributed by atoms with E-state index in [2.05, 4.69) is 6.92 Å². The summed E-state index contributed by atoms with van der Waals surface area (Å²) in [4.78, 5) is 0. The van der Waals surface area contributed by atoms with Gasteiger partial charge in [-0.15, -0.1) is 0 Å². The summed E-state index contributed by atoms with van der Waals surface area (Å²) in [6, 6.07) is 0. The van der Waals surface area contributed by atoms with Crippen LogP contribution in [0.3, 0.4) is 0 Å². The molecule has 5 atom stereocenters. The van der Waals surface area contributed by atoms with Gasteiger partial charge in [-0.05, 0) is 6.42 Å². The van der Waals surface area contributed by atoms with E-state index in [1.54, 1.807) is 0 Å². The van der Waals surface area contributed by atoms with Gasteiger partial charge in [0.05, 0.1) is 6.61 Å². The fourth-order valence-corrected chi connectivity index (χ4v) is 2.64. The van der Waals surface area contributed by atoms with Crippen LogP contribution in [0, 0.1) is 0 Å². The van der Waals surface area contributed by atoms with Gasteiger partial charge in [-0.1, -0.05) is 51.9 Å². The van der Waals surface area contributed by atoms with Crippen LogP contribution in [0.1, 0.15) is 58.3 Å². The quantitative estimate of drug-likeness (QED) is 0.423. The summed E-state index contributed by atoms with van der Waals surface area (Å²) in [5.74, 6) is 0. The van der Waals surface area contributed by atoms with Crippen LogP contribution in [0.25, 0.3) is 0 Å². The maximum atomic E-state index is 9.80. The number of aliphatic hydroxyl groups excluding tert-OH is 4. The molecule has 132 valence electrons. The number of unbranched alkanes of at least 4 members (excludes halogenated alkanes) is 7. The van der Waals surface area contributed by atoms with Crippen LogP contribution in [0.15, 0.2) is 0 Å². The molecule has 22 heavy (non-hydrogen) atoms. The zero-order valence-electron chi connectivity index (χ0n) is 13.6. The van der Waals surface area contributed by atoms with Gasteiger partial charge in [-0.3, -0.25) is 0 Å². The Morgan fingerprint density at radius 2 is 1.41 bits per heavy atom. The standard InChI is InChI=1S/C16H32O6/c1-2-3-4-5-6-7-8-9-10-21-16-15(20)14(19)13(18)12(11-17)22-16/h12-20H,2-11H2,1H3/t12-,13+,14+,15+,16-/m0/s1. The lowest BCUT2D eigenvalue weighted by atomic mass is 9.99. The van der Waals surface area contributed by atoms with E-state index in [-0.39, 0.29) is 0 Å². The Hall–Kier alpha value is -0.240. The van der Waals surface area contributed by atoms with Crippen molar-refractivity contribution in [3.8, 4) is 0 Å². The van der Waals surface area contributed by atoms with E-state index in [0.717, 1.165) is 12.8 Å². The minimum Gasteiger partial charge on any atom is -0.394 e. The molecule has 0 saturated carbocycles. The van der Waals surface area contributed by atoms with E-state index in [1.165, 1.54) is 38.5 Å². The van der Waals surface area contributed by atoms with Crippen LogP contribution in [0.5, 0.6) is 0 Å². The summed E-state index contributed by atoms with van der Waals surface area (Å²) in [5.41, 5.74) is 0. The second kappa shape index (κ2) is 11.3. The molecule has 6 nitrogen and oxygen atoms in total. The number of ether oxygens (including phenoxy) is 2. The number of rotatable bonds is 11. The molecule has 6 heteroatoms. The van der Waals surface area contributed by atoms with Gasteiger partial charge in [-0.2, -0.15) is 0 Å². The van der Waals surface area contributed by atoms with Gasteiger partial charge in [-0.25, -0.2) is 0 Å². The SMILES string of the molecule is CCCCCCCCCCO[C@H]1O[C@@H](CO)[C@@H](O)[C@@H](O)[C@H]1O. The predicted octanol–water partition coefficient (Wildman–Crippen LogP) is 0.944. The lowest BCUT2D eigenvalue weighted by Gasteiger charge is -2.39. The zero-order valence-corrected chi connectivity index (χ0v) is 13.6. The van der Waals surface area contributed by atoms with Gasteiger partial charge >= 0.3 is 0 Å².